The Morgan fingerprint density at radius 1 is 0.909 bits per heavy atom. The Morgan fingerprint density at radius 3 is 2.21 bits per heavy atom. The summed E-state index contributed by atoms with van der Waals surface area (Å²) in [6, 6.07) is 17.3. The van der Waals surface area contributed by atoms with Gasteiger partial charge in [0.2, 0.25) is 15.9 Å². The predicted molar refractivity (Wildman–Crippen MR) is 130 cm³/mol. The fraction of sp³-hybridized carbons (Fsp3) is 0.400. The summed E-state index contributed by atoms with van der Waals surface area (Å²) in [6.45, 7) is 3.58. The maximum atomic E-state index is 13.1. The van der Waals surface area contributed by atoms with Gasteiger partial charge in [-0.3, -0.25) is 4.79 Å². The third-order valence-electron chi connectivity index (χ3n) is 6.41. The van der Waals surface area contributed by atoms with Crippen molar-refractivity contribution in [3.8, 4) is 5.75 Å². The van der Waals surface area contributed by atoms with Crippen molar-refractivity contribution >= 4 is 27.7 Å². The summed E-state index contributed by atoms with van der Waals surface area (Å²) in [4.78, 5) is 17.3. The minimum atomic E-state index is -3.49. The van der Waals surface area contributed by atoms with Crippen molar-refractivity contribution < 1.29 is 17.9 Å². The van der Waals surface area contributed by atoms with Crippen LogP contribution in [0.15, 0.2) is 60.0 Å². The average molecular weight is 470 g/mol. The molecule has 4 rings (SSSR count). The van der Waals surface area contributed by atoms with E-state index in [-0.39, 0.29) is 11.8 Å². The van der Waals surface area contributed by atoms with Crippen LogP contribution in [0.1, 0.15) is 18.4 Å². The first kappa shape index (κ1) is 23.3. The number of para-hydroxylation sites is 2. The molecule has 0 aliphatic carbocycles. The van der Waals surface area contributed by atoms with E-state index in [2.05, 4.69) is 4.90 Å². The minimum absolute atomic E-state index is 0.118. The van der Waals surface area contributed by atoms with E-state index in [1.54, 1.807) is 13.2 Å². The molecule has 7 nitrogen and oxygen atoms in total. The van der Waals surface area contributed by atoms with E-state index in [0.29, 0.717) is 39.0 Å². The molecule has 0 atom stereocenters. The standard InChI is InChI=1S/C25H31N3O4S/c1-32-24-10-6-5-9-23(24)26-16-18-27(19-17-26)25(29)22-11-14-28(15-12-22)33(30,31)20-13-21-7-3-2-4-8-21/h2-10,13,20,22H,11-12,14-19H2,1H3. The number of carbonyl (C=O) groups is 1. The van der Waals surface area contributed by atoms with Gasteiger partial charge in [0.15, 0.2) is 0 Å². The summed E-state index contributed by atoms with van der Waals surface area (Å²) in [6.07, 6.45) is 2.74. The molecule has 2 fully saturated rings. The van der Waals surface area contributed by atoms with Gasteiger partial charge >= 0.3 is 0 Å². The Kier molecular flexibility index (Phi) is 7.35. The number of ether oxygens (including phenoxy) is 1. The lowest BCUT2D eigenvalue weighted by atomic mass is 9.96. The minimum Gasteiger partial charge on any atom is -0.495 e. The number of piperidine rings is 1. The zero-order chi connectivity index (χ0) is 23.3. The van der Waals surface area contributed by atoms with Crippen LogP contribution in [-0.2, 0) is 14.8 Å². The van der Waals surface area contributed by atoms with E-state index in [1.807, 2.05) is 59.5 Å². The lowest BCUT2D eigenvalue weighted by molar-refractivity contribution is -0.137. The molecule has 0 radical (unpaired) electrons. The van der Waals surface area contributed by atoms with E-state index in [0.717, 1.165) is 30.1 Å². The van der Waals surface area contributed by atoms with Crippen LogP contribution in [0.4, 0.5) is 5.69 Å². The van der Waals surface area contributed by atoms with Gasteiger partial charge in [-0.25, -0.2) is 8.42 Å². The third kappa shape index (κ3) is 5.57. The van der Waals surface area contributed by atoms with E-state index >= 15 is 0 Å². The summed E-state index contributed by atoms with van der Waals surface area (Å²) in [5, 5.41) is 1.27. The van der Waals surface area contributed by atoms with Crippen molar-refractivity contribution in [2.24, 2.45) is 5.92 Å². The van der Waals surface area contributed by atoms with Crippen LogP contribution in [0.3, 0.4) is 0 Å². The second-order valence-corrected chi connectivity index (χ2v) is 10.2. The van der Waals surface area contributed by atoms with Crippen molar-refractivity contribution in [1.29, 1.82) is 0 Å². The van der Waals surface area contributed by atoms with E-state index < -0.39 is 10.0 Å². The molecular formula is C25H31N3O4S. The van der Waals surface area contributed by atoms with Gasteiger partial charge in [0.05, 0.1) is 12.8 Å². The van der Waals surface area contributed by atoms with Crippen molar-refractivity contribution in [2.75, 3.05) is 51.3 Å². The fourth-order valence-corrected chi connectivity index (χ4v) is 5.71. The number of sulfonamides is 1. The van der Waals surface area contributed by atoms with Crippen molar-refractivity contribution in [1.82, 2.24) is 9.21 Å². The molecule has 2 aliphatic heterocycles. The van der Waals surface area contributed by atoms with Gasteiger partial charge in [0.1, 0.15) is 5.75 Å². The highest BCUT2D eigenvalue weighted by Crippen LogP contribution is 2.29. The number of carbonyl (C=O) groups excluding carboxylic acids is 1. The van der Waals surface area contributed by atoms with Crippen molar-refractivity contribution in [3.05, 3.63) is 65.6 Å². The SMILES string of the molecule is COc1ccccc1N1CCN(C(=O)C2CCN(S(=O)(=O)C=Cc3ccccc3)CC2)CC1. The molecule has 0 saturated carbocycles. The van der Waals surface area contributed by atoms with Crippen LogP contribution in [0.2, 0.25) is 0 Å². The molecule has 1 amide bonds. The Morgan fingerprint density at radius 2 is 1.55 bits per heavy atom. The Balaban J connectivity index is 1.29. The van der Waals surface area contributed by atoms with Crippen molar-refractivity contribution in [3.63, 3.8) is 0 Å². The fourth-order valence-electron chi connectivity index (χ4n) is 4.49. The highest BCUT2D eigenvalue weighted by Gasteiger charge is 2.33. The van der Waals surface area contributed by atoms with Gasteiger partial charge in [-0.2, -0.15) is 4.31 Å². The predicted octanol–water partition coefficient (Wildman–Crippen LogP) is 3.06. The second kappa shape index (κ2) is 10.4. The van der Waals surface area contributed by atoms with Crippen LogP contribution < -0.4 is 9.64 Å². The number of anilines is 1. The molecule has 176 valence electrons. The molecule has 0 unspecified atom stereocenters. The number of hydrogen-bond donors (Lipinski definition) is 0. The lowest BCUT2D eigenvalue weighted by Gasteiger charge is -2.39. The summed E-state index contributed by atoms with van der Waals surface area (Å²) in [5.41, 5.74) is 1.90. The van der Waals surface area contributed by atoms with Crippen LogP contribution in [0, 0.1) is 5.92 Å². The normalized spacial score (nSPS) is 18.6. The van der Waals surface area contributed by atoms with Gasteiger partial charge in [-0.15, -0.1) is 0 Å². The monoisotopic (exact) mass is 469 g/mol. The molecule has 0 N–H and O–H groups in total. The van der Waals surface area contributed by atoms with Gasteiger partial charge < -0.3 is 14.5 Å². The molecule has 0 aromatic heterocycles. The largest absolute Gasteiger partial charge is 0.495 e. The van der Waals surface area contributed by atoms with E-state index in [9.17, 15) is 13.2 Å². The molecule has 0 spiro atoms. The average Bonchev–Trinajstić information content (AvgIpc) is 2.88. The van der Waals surface area contributed by atoms with Crippen LogP contribution in [-0.4, -0.2) is 69.9 Å². The molecule has 33 heavy (non-hydrogen) atoms. The van der Waals surface area contributed by atoms with Crippen LogP contribution in [0.5, 0.6) is 5.75 Å². The number of rotatable bonds is 6. The first-order chi connectivity index (χ1) is 16.0. The number of nitrogens with zero attached hydrogens (tertiary/aromatic N) is 3. The van der Waals surface area contributed by atoms with Gasteiger partial charge in [-0.05, 0) is 36.6 Å². The summed E-state index contributed by atoms with van der Waals surface area (Å²) < 4.78 is 32.3. The Labute approximate surface area is 196 Å². The molecular weight excluding hydrogens is 438 g/mol. The molecule has 2 aromatic carbocycles. The second-order valence-electron chi connectivity index (χ2n) is 8.42. The lowest BCUT2D eigenvalue weighted by Crippen LogP contribution is -2.52. The number of hydrogen-bond acceptors (Lipinski definition) is 5. The quantitative estimate of drug-likeness (QED) is 0.650. The van der Waals surface area contributed by atoms with E-state index in [1.165, 1.54) is 9.71 Å². The smallest absolute Gasteiger partial charge is 0.236 e. The van der Waals surface area contributed by atoms with Crippen LogP contribution in [0.25, 0.3) is 6.08 Å². The Hall–Kier alpha value is -2.84. The molecule has 8 heteroatoms. The topological polar surface area (TPSA) is 70.2 Å². The Bertz CT molecular complexity index is 1070. The highest BCUT2D eigenvalue weighted by molar-refractivity contribution is 7.92. The number of methoxy groups -OCH3 is 1. The molecule has 2 aromatic rings. The highest BCUT2D eigenvalue weighted by atomic mass is 32.2. The number of benzene rings is 2. The summed E-state index contributed by atoms with van der Waals surface area (Å²) in [5.74, 6) is 0.867. The zero-order valence-corrected chi connectivity index (χ0v) is 19.8. The maximum Gasteiger partial charge on any atom is 0.236 e. The maximum absolute atomic E-state index is 13.1. The zero-order valence-electron chi connectivity index (χ0n) is 19.0. The number of amides is 1. The first-order valence-electron chi connectivity index (χ1n) is 11.4. The molecule has 2 aliphatic rings. The summed E-state index contributed by atoms with van der Waals surface area (Å²) >= 11 is 0. The van der Waals surface area contributed by atoms with Crippen molar-refractivity contribution in [2.45, 2.75) is 12.8 Å². The molecule has 2 saturated heterocycles. The first-order valence-corrected chi connectivity index (χ1v) is 12.9. The molecule has 0 bridgehead atoms. The van der Waals surface area contributed by atoms with E-state index in [4.69, 9.17) is 4.74 Å². The van der Waals surface area contributed by atoms with Gasteiger partial charge in [-0.1, -0.05) is 42.5 Å². The third-order valence-corrected chi connectivity index (χ3v) is 7.98. The van der Waals surface area contributed by atoms with Crippen LogP contribution >= 0.6 is 0 Å². The number of piperazine rings is 1. The van der Waals surface area contributed by atoms with Gasteiger partial charge in [0.25, 0.3) is 0 Å². The van der Waals surface area contributed by atoms with Gasteiger partial charge in [0, 0.05) is 50.6 Å². The summed E-state index contributed by atoms with van der Waals surface area (Å²) in [7, 11) is -1.82. The molecule has 2 heterocycles.